The van der Waals surface area contributed by atoms with Gasteiger partial charge in [-0.15, -0.1) is 5.10 Å². The highest BCUT2D eigenvalue weighted by molar-refractivity contribution is 5.87. The van der Waals surface area contributed by atoms with E-state index in [-0.39, 0.29) is 53.5 Å². The van der Waals surface area contributed by atoms with E-state index in [0.717, 1.165) is 25.7 Å². The summed E-state index contributed by atoms with van der Waals surface area (Å²) in [6, 6.07) is 6.32. The third-order valence-corrected chi connectivity index (χ3v) is 15.8. The minimum Gasteiger partial charge on any atom is -0.478 e. The van der Waals surface area contributed by atoms with Crippen LogP contribution in [0.25, 0.3) is 5.69 Å². The average Bonchev–Trinajstić information content (AvgIpc) is 3.56. The van der Waals surface area contributed by atoms with Crippen molar-refractivity contribution in [2.45, 2.75) is 118 Å². The van der Waals surface area contributed by atoms with E-state index in [1.807, 2.05) is 13.8 Å². The van der Waals surface area contributed by atoms with Crippen molar-refractivity contribution in [3.05, 3.63) is 53.4 Å². The van der Waals surface area contributed by atoms with E-state index >= 15 is 0 Å². The summed E-state index contributed by atoms with van der Waals surface area (Å²) in [5.74, 6) is -0.765. The SMILES string of the molecule is CC1(C)C[C@H]2C3=CCC4[C@@]5(C)CC[C@H](O)[C@](C)(CO)C5CC[C@@]4(C)[C@]3(C)C[C@@H](O)[C@@]2(COCc2cn(-c3ccc(C(=O)O)cc3)nn2)[C@@H](O)[C@@H]1O. The molecule has 12 atom stereocenters. The van der Waals surface area contributed by atoms with Gasteiger partial charge >= 0.3 is 5.97 Å². The van der Waals surface area contributed by atoms with Crippen molar-refractivity contribution in [3.8, 4) is 5.69 Å². The molecule has 51 heavy (non-hydrogen) atoms. The Labute approximate surface area is 300 Å². The molecule has 280 valence electrons. The highest BCUT2D eigenvalue weighted by atomic mass is 16.5. The van der Waals surface area contributed by atoms with Gasteiger partial charge in [0, 0.05) is 5.41 Å². The van der Waals surface area contributed by atoms with E-state index in [2.05, 4.69) is 44.1 Å². The molecule has 1 heterocycles. The van der Waals surface area contributed by atoms with Gasteiger partial charge in [-0.25, -0.2) is 9.48 Å². The van der Waals surface area contributed by atoms with Gasteiger partial charge in [-0.2, -0.15) is 0 Å². The number of fused-ring (bicyclic) bond motifs is 7. The Kier molecular flexibility index (Phi) is 8.76. The monoisotopic (exact) mass is 707 g/mol. The van der Waals surface area contributed by atoms with Crippen molar-refractivity contribution in [3.63, 3.8) is 0 Å². The molecular formula is C40H57N3O8. The zero-order valence-electron chi connectivity index (χ0n) is 30.9. The molecule has 5 aliphatic rings. The van der Waals surface area contributed by atoms with Gasteiger partial charge < -0.3 is 35.4 Å². The topological polar surface area (TPSA) is 178 Å². The van der Waals surface area contributed by atoms with Crippen LogP contribution in [0.1, 0.15) is 103 Å². The summed E-state index contributed by atoms with van der Waals surface area (Å²) in [6.07, 6.45) is 5.59. The summed E-state index contributed by atoms with van der Waals surface area (Å²) >= 11 is 0. The maximum atomic E-state index is 12.5. The van der Waals surface area contributed by atoms with Crippen molar-refractivity contribution in [2.75, 3.05) is 13.2 Å². The van der Waals surface area contributed by atoms with Crippen LogP contribution in [0.15, 0.2) is 42.1 Å². The summed E-state index contributed by atoms with van der Waals surface area (Å²) in [4.78, 5) is 11.3. The maximum Gasteiger partial charge on any atom is 0.335 e. The number of hydrogen-bond donors (Lipinski definition) is 6. The van der Waals surface area contributed by atoms with E-state index in [1.54, 1.807) is 23.0 Å². The number of aliphatic hydroxyl groups excluding tert-OH is 5. The van der Waals surface area contributed by atoms with Gasteiger partial charge in [-0.3, -0.25) is 0 Å². The maximum absolute atomic E-state index is 12.5. The van der Waals surface area contributed by atoms with Crippen molar-refractivity contribution < 1.29 is 40.2 Å². The second-order valence-corrected chi connectivity index (χ2v) is 18.5. The standard InChI is InChI=1S/C40H57N3O8/c1-35(2)17-27-26-11-12-29-36(3)15-14-30(45)37(4,21-44)28(36)13-16-38(29,5)39(26,6)18-31(46)40(27,33(48)32(35)47)22-51-20-24-19-43(42-41-24)25-9-7-23(8-10-25)34(49)50/h7-11,19,27-33,44-48H,12-18,20-22H2,1-6H3,(H,49,50)/t27-,28?,29?,30-,31+,32-,33-,36-,37+,38+,39+,40-/m0/s1. The average molecular weight is 708 g/mol. The van der Waals surface area contributed by atoms with Gasteiger partial charge in [0.05, 0.1) is 67.1 Å². The zero-order chi connectivity index (χ0) is 36.9. The van der Waals surface area contributed by atoms with E-state index in [1.165, 1.54) is 17.7 Å². The Bertz CT molecular complexity index is 1690. The fourth-order valence-electron chi connectivity index (χ4n) is 12.5. The minimum atomic E-state index is -1.22. The quantitative estimate of drug-likeness (QED) is 0.224. The largest absolute Gasteiger partial charge is 0.478 e. The Hall–Kier alpha value is -2.67. The van der Waals surface area contributed by atoms with E-state index in [0.29, 0.717) is 36.6 Å². The molecule has 7 rings (SSSR count). The number of aromatic nitrogens is 3. The molecule has 0 bridgehead atoms. The van der Waals surface area contributed by atoms with Crippen LogP contribution in [0.3, 0.4) is 0 Å². The first-order valence-electron chi connectivity index (χ1n) is 18.8. The summed E-state index contributed by atoms with van der Waals surface area (Å²) in [5, 5.41) is 75.5. The number of rotatable bonds is 7. The fourth-order valence-corrected chi connectivity index (χ4v) is 12.5. The highest BCUT2D eigenvalue weighted by Gasteiger charge is 2.72. The highest BCUT2D eigenvalue weighted by Crippen LogP contribution is 2.75. The van der Waals surface area contributed by atoms with Crippen LogP contribution in [0.2, 0.25) is 0 Å². The lowest BCUT2D eigenvalue weighted by Gasteiger charge is -2.72. The van der Waals surface area contributed by atoms with Gasteiger partial charge in [-0.05, 0) is 109 Å². The van der Waals surface area contributed by atoms with Crippen molar-refractivity contribution in [1.29, 1.82) is 0 Å². The molecule has 6 N–H and O–H groups in total. The second kappa shape index (κ2) is 12.2. The van der Waals surface area contributed by atoms with Crippen LogP contribution >= 0.6 is 0 Å². The number of carbonyl (C=O) groups is 1. The van der Waals surface area contributed by atoms with Crippen molar-refractivity contribution in [2.24, 2.45) is 50.2 Å². The van der Waals surface area contributed by atoms with Crippen LogP contribution in [-0.4, -0.2) is 89.2 Å². The third-order valence-electron chi connectivity index (χ3n) is 15.8. The molecule has 2 aromatic rings. The van der Waals surface area contributed by atoms with Crippen LogP contribution < -0.4 is 0 Å². The first kappa shape index (κ1) is 36.7. The minimum absolute atomic E-state index is 0.0212. The number of allylic oxidation sites excluding steroid dienone is 2. The molecular weight excluding hydrogens is 650 g/mol. The number of ether oxygens (including phenoxy) is 1. The molecule has 0 saturated heterocycles. The summed E-state index contributed by atoms with van der Waals surface area (Å²) in [6.45, 7) is 13.2. The first-order valence-corrected chi connectivity index (χ1v) is 18.8. The molecule has 11 heteroatoms. The number of carboxylic acids is 1. The van der Waals surface area contributed by atoms with Gasteiger partial charge in [0.2, 0.25) is 0 Å². The molecule has 1 aromatic carbocycles. The van der Waals surface area contributed by atoms with Crippen LogP contribution in [0, 0.1) is 50.2 Å². The predicted molar refractivity (Wildman–Crippen MR) is 189 cm³/mol. The van der Waals surface area contributed by atoms with Gasteiger partial charge in [0.25, 0.3) is 0 Å². The predicted octanol–water partition coefficient (Wildman–Crippen LogP) is 4.53. The molecule has 5 aliphatic carbocycles. The molecule has 0 radical (unpaired) electrons. The lowest BCUT2D eigenvalue weighted by molar-refractivity contribution is -0.263. The molecule has 2 unspecified atom stereocenters. The van der Waals surface area contributed by atoms with Gasteiger partial charge in [-0.1, -0.05) is 58.4 Å². The van der Waals surface area contributed by atoms with Crippen molar-refractivity contribution >= 4 is 5.97 Å². The van der Waals surface area contributed by atoms with Gasteiger partial charge in [0.15, 0.2) is 0 Å². The Morgan fingerprint density at radius 2 is 1.63 bits per heavy atom. The molecule has 4 saturated carbocycles. The molecule has 0 aliphatic heterocycles. The van der Waals surface area contributed by atoms with Crippen LogP contribution in [0.4, 0.5) is 0 Å². The van der Waals surface area contributed by atoms with Crippen LogP contribution in [0.5, 0.6) is 0 Å². The zero-order valence-corrected chi connectivity index (χ0v) is 30.9. The van der Waals surface area contributed by atoms with Gasteiger partial charge in [0.1, 0.15) is 5.69 Å². The summed E-state index contributed by atoms with van der Waals surface area (Å²) < 4.78 is 7.90. The number of carboxylic acid groups (broad SMARTS) is 1. The first-order chi connectivity index (χ1) is 23.9. The smallest absolute Gasteiger partial charge is 0.335 e. The molecule has 11 nitrogen and oxygen atoms in total. The van der Waals surface area contributed by atoms with E-state index in [9.17, 15) is 35.4 Å². The summed E-state index contributed by atoms with van der Waals surface area (Å²) in [5.41, 5.74) is -0.307. The summed E-state index contributed by atoms with van der Waals surface area (Å²) in [7, 11) is 0. The molecule has 0 amide bonds. The number of benzene rings is 1. The Morgan fingerprint density at radius 3 is 2.29 bits per heavy atom. The number of aromatic carboxylic acids is 1. The lowest BCUT2D eigenvalue weighted by atomic mass is 9.33. The number of aliphatic hydroxyl groups is 5. The normalized spacial score (nSPS) is 44.4. The fraction of sp³-hybridized carbons (Fsp3) is 0.725. The van der Waals surface area contributed by atoms with E-state index in [4.69, 9.17) is 4.74 Å². The molecule has 4 fully saturated rings. The Morgan fingerprint density at radius 1 is 0.922 bits per heavy atom. The van der Waals surface area contributed by atoms with Crippen molar-refractivity contribution in [1.82, 2.24) is 15.0 Å². The number of hydrogen-bond acceptors (Lipinski definition) is 9. The van der Waals surface area contributed by atoms with Crippen LogP contribution in [-0.2, 0) is 11.3 Å². The Balaban J connectivity index is 1.20. The molecule has 1 aromatic heterocycles. The lowest BCUT2D eigenvalue weighted by Crippen LogP contribution is -2.71. The second-order valence-electron chi connectivity index (χ2n) is 18.5. The molecule has 0 spiro atoms. The third kappa shape index (κ3) is 5.08. The number of nitrogens with zero attached hydrogens (tertiary/aromatic N) is 3. The van der Waals surface area contributed by atoms with E-state index < -0.39 is 46.6 Å².